The molecule has 1 fully saturated rings. The fourth-order valence-electron chi connectivity index (χ4n) is 1.89. The average Bonchev–Trinajstić information content (AvgIpc) is 2.45. The van der Waals surface area contributed by atoms with Crippen LogP contribution >= 0.6 is 0 Å². The third-order valence-corrected chi connectivity index (χ3v) is 3.74. The van der Waals surface area contributed by atoms with Crippen molar-refractivity contribution < 1.29 is 32.3 Å². The van der Waals surface area contributed by atoms with Crippen molar-refractivity contribution in [3.05, 3.63) is 18.2 Å². The highest BCUT2D eigenvalue weighted by Gasteiger charge is 2.52. The van der Waals surface area contributed by atoms with Crippen LogP contribution in [0.3, 0.4) is 0 Å². The molecule has 0 bridgehead atoms. The Hall–Kier alpha value is -1.41. The number of rotatable bonds is 2. The van der Waals surface area contributed by atoms with Crippen LogP contribution in [0, 0.1) is 0 Å². The molecule has 0 spiro atoms. The Morgan fingerprint density at radius 3 is 2.05 bits per heavy atom. The minimum atomic E-state index is -4.81. The number of phenols is 1. The lowest BCUT2D eigenvalue weighted by molar-refractivity contribution is -0.274. The first kappa shape index (κ1) is 16.0. The fraction of sp³-hybridized carbons (Fsp3) is 0.538. The summed E-state index contributed by atoms with van der Waals surface area (Å²) >= 11 is 0. The molecule has 2 rings (SSSR count). The van der Waals surface area contributed by atoms with Gasteiger partial charge in [-0.3, -0.25) is 0 Å². The molecule has 0 radical (unpaired) electrons. The van der Waals surface area contributed by atoms with E-state index >= 15 is 0 Å². The number of halogens is 3. The van der Waals surface area contributed by atoms with Gasteiger partial charge in [0.2, 0.25) is 0 Å². The van der Waals surface area contributed by atoms with E-state index in [1.807, 2.05) is 27.7 Å². The molecular weight excluding hydrogens is 288 g/mol. The van der Waals surface area contributed by atoms with Gasteiger partial charge in [-0.1, -0.05) is 6.07 Å². The van der Waals surface area contributed by atoms with Gasteiger partial charge in [-0.05, 0) is 33.8 Å². The Morgan fingerprint density at radius 2 is 1.62 bits per heavy atom. The molecule has 21 heavy (non-hydrogen) atoms. The molecule has 1 saturated heterocycles. The lowest BCUT2D eigenvalue weighted by Gasteiger charge is -2.32. The number of ether oxygens (including phenoxy) is 1. The first-order chi connectivity index (χ1) is 9.41. The molecule has 1 aliphatic rings. The number of aromatic hydroxyl groups is 1. The van der Waals surface area contributed by atoms with E-state index in [0.717, 1.165) is 12.1 Å². The van der Waals surface area contributed by atoms with E-state index < -0.39 is 30.4 Å². The van der Waals surface area contributed by atoms with Crippen molar-refractivity contribution in [2.75, 3.05) is 0 Å². The molecule has 0 atom stereocenters. The molecule has 1 aromatic carbocycles. The largest absolute Gasteiger partial charge is 0.573 e. The first-order valence-electron chi connectivity index (χ1n) is 6.36. The van der Waals surface area contributed by atoms with Gasteiger partial charge in [-0.25, -0.2) is 0 Å². The Morgan fingerprint density at radius 1 is 1.10 bits per heavy atom. The molecule has 4 nitrogen and oxygen atoms in total. The molecule has 1 heterocycles. The number of hydrogen-bond acceptors (Lipinski definition) is 4. The van der Waals surface area contributed by atoms with Gasteiger partial charge in [0.05, 0.1) is 11.2 Å². The highest BCUT2D eigenvalue weighted by molar-refractivity contribution is 6.63. The van der Waals surface area contributed by atoms with E-state index in [1.54, 1.807) is 0 Å². The van der Waals surface area contributed by atoms with Crippen LogP contribution in [0.5, 0.6) is 11.5 Å². The molecule has 1 aliphatic heterocycles. The van der Waals surface area contributed by atoms with Crippen LogP contribution in [-0.4, -0.2) is 29.8 Å². The summed E-state index contributed by atoms with van der Waals surface area (Å²) in [4.78, 5) is 0. The zero-order valence-corrected chi connectivity index (χ0v) is 12.1. The molecule has 0 amide bonds. The van der Waals surface area contributed by atoms with E-state index in [4.69, 9.17) is 9.31 Å². The van der Waals surface area contributed by atoms with Crippen LogP contribution in [0.15, 0.2) is 18.2 Å². The molecule has 0 aliphatic carbocycles. The predicted octanol–water partition coefficient (Wildman–Crippen LogP) is 2.59. The van der Waals surface area contributed by atoms with Gasteiger partial charge in [0.25, 0.3) is 0 Å². The maximum Gasteiger partial charge on any atom is 0.573 e. The van der Waals surface area contributed by atoms with E-state index in [0.29, 0.717) is 0 Å². The van der Waals surface area contributed by atoms with Gasteiger partial charge in [-0.2, -0.15) is 0 Å². The Balaban J connectivity index is 2.23. The first-order valence-corrected chi connectivity index (χ1v) is 6.36. The second kappa shape index (κ2) is 4.81. The summed E-state index contributed by atoms with van der Waals surface area (Å²) in [5.41, 5.74) is -0.959. The van der Waals surface area contributed by atoms with Crippen LogP contribution < -0.4 is 10.2 Å². The fourth-order valence-corrected chi connectivity index (χ4v) is 1.89. The molecule has 116 valence electrons. The number of hydrogen-bond donors (Lipinski definition) is 1. The monoisotopic (exact) mass is 304 g/mol. The maximum atomic E-state index is 12.1. The SMILES string of the molecule is CC1(C)OB(c2ccc(OC(F)(F)F)cc2O)OC1(C)C. The standard InChI is InChI=1S/C13H16BF3O4/c1-11(2)12(3,4)21-14(20-11)9-6-5-8(7-10(9)18)19-13(15,16)17/h5-7,18H,1-4H3. The van der Waals surface area contributed by atoms with E-state index in [2.05, 4.69) is 4.74 Å². The van der Waals surface area contributed by atoms with Gasteiger partial charge in [0.15, 0.2) is 0 Å². The van der Waals surface area contributed by atoms with Crippen molar-refractivity contribution in [3.8, 4) is 11.5 Å². The Kier molecular flexibility index (Phi) is 3.66. The molecule has 8 heteroatoms. The third kappa shape index (κ3) is 3.27. The van der Waals surface area contributed by atoms with Crippen molar-refractivity contribution in [2.24, 2.45) is 0 Å². The molecular formula is C13H16BF3O4. The van der Waals surface area contributed by atoms with Gasteiger partial charge in [0.1, 0.15) is 11.5 Å². The minimum Gasteiger partial charge on any atom is -0.508 e. The van der Waals surface area contributed by atoms with Crippen LogP contribution in [0.4, 0.5) is 13.2 Å². The van der Waals surface area contributed by atoms with Gasteiger partial charge in [0, 0.05) is 11.5 Å². The zero-order valence-electron chi connectivity index (χ0n) is 12.1. The van der Waals surface area contributed by atoms with Gasteiger partial charge < -0.3 is 19.2 Å². The summed E-state index contributed by atoms with van der Waals surface area (Å²) < 4.78 is 51.6. The predicted molar refractivity (Wildman–Crippen MR) is 70.5 cm³/mol. The Bertz CT molecular complexity index is 527. The highest BCUT2D eigenvalue weighted by atomic mass is 19.4. The summed E-state index contributed by atoms with van der Waals surface area (Å²) in [6, 6.07) is 3.28. The minimum absolute atomic E-state index is 0.253. The van der Waals surface area contributed by atoms with Crippen molar-refractivity contribution in [2.45, 2.75) is 45.3 Å². The molecule has 0 unspecified atom stereocenters. The number of phenolic OH excluding ortho intramolecular Hbond substituents is 1. The van der Waals surface area contributed by atoms with Crippen LogP contribution in [-0.2, 0) is 9.31 Å². The van der Waals surface area contributed by atoms with Crippen molar-refractivity contribution in [1.29, 1.82) is 0 Å². The van der Waals surface area contributed by atoms with Crippen LogP contribution in [0.1, 0.15) is 27.7 Å². The molecule has 0 aromatic heterocycles. The second-order valence-corrected chi connectivity index (χ2v) is 5.86. The molecule has 1 aromatic rings. The van der Waals surface area contributed by atoms with E-state index in [1.165, 1.54) is 6.07 Å². The number of benzene rings is 1. The number of alkyl halides is 3. The Labute approximate surface area is 121 Å². The lowest BCUT2D eigenvalue weighted by Crippen LogP contribution is -2.41. The summed E-state index contributed by atoms with van der Waals surface area (Å²) in [7, 11) is -0.852. The second-order valence-electron chi connectivity index (χ2n) is 5.86. The summed E-state index contributed by atoms with van der Waals surface area (Å²) in [6.07, 6.45) is -4.81. The smallest absolute Gasteiger partial charge is 0.508 e. The van der Waals surface area contributed by atoms with E-state index in [9.17, 15) is 18.3 Å². The van der Waals surface area contributed by atoms with Crippen molar-refractivity contribution >= 4 is 12.6 Å². The van der Waals surface area contributed by atoms with Crippen LogP contribution in [0.25, 0.3) is 0 Å². The summed E-state index contributed by atoms with van der Waals surface area (Å²) in [5, 5.41) is 9.88. The van der Waals surface area contributed by atoms with Gasteiger partial charge in [-0.15, -0.1) is 13.2 Å². The topological polar surface area (TPSA) is 47.9 Å². The molecule has 1 N–H and O–H groups in total. The summed E-state index contributed by atoms with van der Waals surface area (Å²) in [6.45, 7) is 7.35. The average molecular weight is 304 g/mol. The quantitative estimate of drug-likeness (QED) is 0.853. The normalized spacial score (nSPS) is 20.6. The molecule has 0 saturated carbocycles. The van der Waals surface area contributed by atoms with Crippen molar-refractivity contribution in [1.82, 2.24) is 0 Å². The van der Waals surface area contributed by atoms with Crippen molar-refractivity contribution in [3.63, 3.8) is 0 Å². The third-order valence-electron chi connectivity index (χ3n) is 3.74. The van der Waals surface area contributed by atoms with E-state index in [-0.39, 0.29) is 11.2 Å². The van der Waals surface area contributed by atoms with Crippen LogP contribution in [0.2, 0.25) is 0 Å². The zero-order chi connectivity index (χ0) is 16.1. The van der Waals surface area contributed by atoms with Gasteiger partial charge >= 0.3 is 13.5 Å². The maximum absolute atomic E-state index is 12.1. The summed E-state index contributed by atoms with van der Waals surface area (Å²) in [5.74, 6) is -0.879. The lowest BCUT2D eigenvalue weighted by atomic mass is 9.78. The highest BCUT2D eigenvalue weighted by Crippen LogP contribution is 2.37.